The number of unbranched alkanes of at least 4 members (excludes halogenated alkanes) is 1. The number of carbonyl (C=O) groups excluding carboxylic acids is 1. The van der Waals surface area contributed by atoms with Gasteiger partial charge in [0.1, 0.15) is 11.9 Å². The molecular weight excluding hydrogens is 340 g/mol. The molecule has 1 aliphatic heterocycles. The molecule has 1 saturated heterocycles. The van der Waals surface area contributed by atoms with E-state index in [1.807, 2.05) is 24.3 Å². The first-order chi connectivity index (χ1) is 13.0. The molecule has 4 nitrogen and oxygen atoms in total. The Morgan fingerprint density at radius 3 is 2.59 bits per heavy atom. The predicted molar refractivity (Wildman–Crippen MR) is 106 cm³/mol. The molecule has 1 heterocycles. The van der Waals surface area contributed by atoms with Crippen LogP contribution in [0.15, 0.2) is 24.3 Å². The lowest BCUT2D eigenvalue weighted by Gasteiger charge is -2.36. The minimum Gasteiger partial charge on any atom is -0.494 e. The SMILES string of the molecule is CC(C)[C@@H]1CC[C@@H](C)C[C@H]1OC(=O)c1ccc(OCCCCC2CO2)cc1. The van der Waals surface area contributed by atoms with Crippen molar-refractivity contribution in [2.24, 2.45) is 17.8 Å². The van der Waals surface area contributed by atoms with Crippen molar-refractivity contribution in [2.75, 3.05) is 13.2 Å². The van der Waals surface area contributed by atoms with Crippen LogP contribution in [0.5, 0.6) is 5.75 Å². The van der Waals surface area contributed by atoms with E-state index in [2.05, 4.69) is 20.8 Å². The van der Waals surface area contributed by atoms with Gasteiger partial charge in [-0.3, -0.25) is 0 Å². The van der Waals surface area contributed by atoms with Gasteiger partial charge in [-0.15, -0.1) is 0 Å². The van der Waals surface area contributed by atoms with E-state index in [1.54, 1.807) is 0 Å². The summed E-state index contributed by atoms with van der Waals surface area (Å²) in [7, 11) is 0. The summed E-state index contributed by atoms with van der Waals surface area (Å²) in [5.41, 5.74) is 0.606. The van der Waals surface area contributed by atoms with Gasteiger partial charge >= 0.3 is 5.97 Å². The van der Waals surface area contributed by atoms with E-state index in [1.165, 1.54) is 6.42 Å². The van der Waals surface area contributed by atoms with E-state index < -0.39 is 0 Å². The lowest BCUT2D eigenvalue weighted by atomic mass is 9.75. The molecule has 4 atom stereocenters. The number of esters is 1. The van der Waals surface area contributed by atoms with Crippen molar-refractivity contribution in [1.82, 2.24) is 0 Å². The molecule has 1 aliphatic carbocycles. The Hall–Kier alpha value is -1.55. The van der Waals surface area contributed by atoms with Crippen molar-refractivity contribution in [3.05, 3.63) is 29.8 Å². The van der Waals surface area contributed by atoms with Crippen LogP contribution < -0.4 is 4.74 Å². The van der Waals surface area contributed by atoms with Gasteiger partial charge in [0, 0.05) is 0 Å². The minimum atomic E-state index is -0.212. The highest BCUT2D eigenvalue weighted by Gasteiger charge is 2.33. The molecule has 1 aromatic carbocycles. The first kappa shape index (κ1) is 20.2. The van der Waals surface area contributed by atoms with Crippen molar-refractivity contribution in [3.63, 3.8) is 0 Å². The molecule has 1 aromatic rings. The Bertz CT molecular complexity index is 591. The largest absolute Gasteiger partial charge is 0.494 e. The standard InChI is InChI=1S/C23H34O4/c1-16(2)21-12-7-17(3)14-22(21)27-23(24)18-8-10-19(11-9-18)25-13-5-4-6-20-15-26-20/h8-11,16-17,20-22H,4-7,12-15H2,1-3H3/t17-,20?,21+,22-/m1/s1. The fourth-order valence-corrected chi connectivity index (χ4v) is 4.04. The van der Waals surface area contributed by atoms with Gasteiger partial charge in [0.05, 0.1) is 24.9 Å². The first-order valence-corrected chi connectivity index (χ1v) is 10.6. The quantitative estimate of drug-likeness (QED) is 0.336. The molecule has 0 spiro atoms. The third-order valence-corrected chi connectivity index (χ3v) is 5.90. The van der Waals surface area contributed by atoms with Gasteiger partial charge < -0.3 is 14.2 Å². The Labute approximate surface area is 163 Å². The van der Waals surface area contributed by atoms with Crippen LogP contribution in [0.25, 0.3) is 0 Å². The average Bonchev–Trinajstić information content (AvgIpc) is 3.46. The maximum absolute atomic E-state index is 12.6. The third-order valence-electron chi connectivity index (χ3n) is 5.90. The number of carbonyl (C=O) groups is 1. The van der Waals surface area contributed by atoms with E-state index in [-0.39, 0.29) is 12.1 Å². The molecule has 0 amide bonds. The van der Waals surface area contributed by atoms with E-state index >= 15 is 0 Å². The molecule has 0 radical (unpaired) electrons. The summed E-state index contributed by atoms with van der Waals surface area (Å²) in [5.74, 6) is 2.22. The molecule has 150 valence electrons. The van der Waals surface area contributed by atoms with E-state index in [0.29, 0.717) is 36.0 Å². The zero-order chi connectivity index (χ0) is 19.2. The summed E-state index contributed by atoms with van der Waals surface area (Å²) in [6.45, 7) is 8.33. The Morgan fingerprint density at radius 1 is 1.19 bits per heavy atom. The van der Waals surface area contributed by atoms with Gasteiger partial charge in [0.25, 0.3) is 0 Å². The molecule has 0 bridgehead atoms. The van der Waals surface area contributed by atoms with E-state index in [0.717, 1.165) is 44.5 Å². The molecule has 1 saturated carbocycles. The molecule has 4 heteroatoms. The monoisotopic (exact) mass is 374 g/mol. The topological polar surface area (TPSA) is 48.1 Å². The summed E-state index contributed by atoms with van der Waals surface area (Å²) < 4.78 is 16.9. The highest BCUT2D eigenvalue weighted by molar-refractivity contribution is 5.89. The molecule has 27 heavy (non-hydrogen) atoms. The predicted octanol–water partition coefficient (Wildman–Crippen LogP) is 5.25. The first-order valence-electron chi connectivity index (χ1n) is 10.6. The Balaban J connectivity index is 1.45. The van der Waals surface area contributed by atoms with Crippen LogP contribution in [0, 0.1) is 17.8 Å². The normalized spacial score (nSPS) is 27.4. The lowest BCUT2D eigenvalue weighted by Crippen LogP contribution is -2.35. The second-order valence-electron chi connectivity index (χ2n) is 8.59. The van der Waals surface area contributed by atoms with Crippen LogP contribution in [0.2, 0.25) is 0 Å². The fourth-order valence-electron chi connectivity index (χ4n) is 4.04. The minimum absolute atomic E-state index is 0.0348. The van der Waals surface area contributed by atoms with E-state index in [4.69, 9.17) is 14.2 Å². The lowest BCUT2D eigenvalue weighted by molar-refractivity contribution is -0.0174. The van der Waals surface area contributed by atoms with Crippen LogP contribution in [-0.2, 0) is 9.47 Å². The van der Waals surface area contributed by atoms with Crippen LogP contribution in [-0.4, -0.2) is 31.4 Å². The summed E-state index contributed by atoms with van der Waals surface area (Å²) in [6, 6.07) is 7.35. The van der Waals surface area contributed by atoms with Crippen LogP contribution in [0.4, 0.5) is 0 Å². The smallest absolute Gasteiger partial charge is 0.338 e. The second kappa shape index (κ2) is 9.59. The zero-order valence-electron chi connectivity index (χ0n) is 17.0. The third kappa shape index (κ3) is 6.24. The molecule has 2 aliphatic rings. The maximum Gasteiger partial charge on any atom is 0.338 e. The van der Waals surface area contributed by atoms with Gasteiger partial charge in [0.2, 0.25) is 0 Å². The zero-order valence-corrected chi connectivity index (χ0v) is 17.0. The fraction of sp³-hybridized carbons (Fsp3) is 0.696. The van der Waals surface area contributed by atoms with Crippen molar-refractivity contribution in [3.8, 4) is 5.75 Å². The van der Waals surface area contributed by atoms with Crippen molar-refractivity contribution < 1.29 is 19.0 Å². The number of hydrogen-bond acceptors (Lipinski definition) is 4. The molecule has 3 rings (SSSR count). The number of rotatable bonds is 9. The number of benzene rings is 1. The van der Waals surface area contributed by atoms with Crippen molar-refractivity contribution >= 4 is 5.97 Å². The molecule has 2 fully saturated rings. The van der Waals surface area contributed by atoms with Gasteiger partial charge in [-0.25, -0.2) is 4.79 Å². The molecule has 0 N–H and O–H groups in total. The van der Waals surface area contributed by atoms with Gasteiger partial charge in [-0.1, -0.05) is 27.2 Å². The molecular formula is C23H34O4. The molecule has 1 unspecified atom stereocenters. The highest BCUT2D eigenvalue weighted by atomic mass is 16.6. The number of ether oxygens (including phenoxy) is 3. The van der Waals surface area contributed by atoms with Gasteiger partial charge in [-0.05, 0) is 74.1 Å². The summed E-state index contributed by atoms with van der Waals surface area (Å²) >= 11 is 0. The Morgan fingerprint density at radius 2 is 1.93 bits per heavy atom. The Kier molecular flexibility index (Phi) is 7.17. The summed E-state index contributed by atoms with van der Waals surface area (Å²) in [6.07, 6.45) is 7.18. The van der Waals surface area contributed by atoms with Crippen LogP contribution >= 0.6 is 0 Å². The molecule has 0 aromatic heterocycles. The summed E-state index contributed by atoms with van der Waals surface area (Å²) in [5, 5.41) is 0. The van der Waals surface area contributed by atoms with E-state index in [9.17, 15) is 4.79 Å². The van der Waals surface area contributed by atoms with Crippen LogP contribution in [0.3, 0.4) is 0 Å². The van der Waals surface area contributed by atoms with Gasteiger partial charge in [-0.2, -0.15) is 0 Å². The van der Waals surface area contributed by atoms with Crippen LogP contribution in [0.1, 0.15) is 69.7 Å². The number of epoxide rings is 1. The highest BCUT2D eigenvalue weighted by Crippen LogP contribution is 2.35. The average molecular weight is 375 g/mol. The maximum atomic E-state index is 12.6. The van der Waals surface area contributed by atoms with Crippen molar-refractivity contribution in [1.29, 1.82) is 0 Å². The van der Waals surface area contributed by atoms with Gasteiger partial charge in [0.15, 0.2) is 0 Å². The summed E-state index contributed by atoms with van der Waals surface area (Å²) in [4.78, 5) is 12.6. The number of hydrogen-bond donors (Lipinski definition) is 0. The van der Waals surface area contributed by atoms with Crippen molar-refractivity contribution in [2.45, 2.75) is 71.5 Å². The second-order valence-corrected chi connectivity index (χ2v) is 8.59.